The molecule has 0 spiro atoms. The molecule has 0 fully saturated rings. The number of hydrogen-bond acceptors (Lipinski definition) is 4. The van der Waals surface area contributed by atoms with Crippen LogP contribution in [0.15, 0.2) is 59.7 Å². The topological polar surface area (TPSA) is 81.8 Å². The van der Waals surface area contributed by atoms with Gasteiger partial charge in [-0.2, -0.15) is 18.3 Å². The van der Waals surface area contributed by atoms with Crippen LogP contribution < -0.4 is 10.9 Å². The van der Waals surface area contributed by atoms with Crippen molar-refractivity contribution < 1.29 is 18.0 Å². The Morgan fingerprint density at radius 1 is 1.15 bits per heavy atom. The van der Waals surface area contributed by atoms with Crippen LogP contribution in [-0.4, -0.2) is 32.0 Å². The predicted octanol–water partition coefficient (Wildman–Crippen LogP) is 1.88. The molecule has 7 nitrogen and oxygen atoms in total. The predicted molar refractivity (Wildman–Crippen MR) is 89.4 cm³/mol. The molecule has 0 aliphatic carbocycles. The molecule has 1 N–H and O–H groups in total. The molecule has 0 aliphatic rings. The number of halogens is 3. The Morgan fingerprint density at radius 3 is 2.67 bits per heavy atom. The van der Waals surface area contributed by atoms with Crippen molar-refractivity contribution in [2.24, 2.45) is 0 Å². The second-order valence-electron chi connectivity index (χ2n) is 5.54. The number of nitrogens with one attached hydrogen (secondary N) is 1. The summed E-state index contributed by atoms with van der Waals surface area (Å²) in [5, 5.41) is 10.6. The van der Waals surface area contributed by atoms with Gasteiger partial charge in [0, 0.05) is 30.6 Å². The van der Waals surface area contributed by atoms with Gasteiger partial charge in [-0.05, 0) is 30.3 Å². The van der Waals surface area contributed by atoms with Crippen molar-refractivity contribution in [2.75, 3.05) is 6.54 Å². The summed E-state index contributed by atoms with van der Waals surface area (Å²) in [4.78, 5) is 23.9. The summed E-state index contributed by atoms with van der Waals surface area (Å²) in [6.07, 6.45) is -1.31. The first-order chi connectivity index (χ1) is 12.8. The van der Waals surface area contributed by atoms with Gasteiger partial charge in [-0.15, -0.1) is 5.10 Å². The molecular weight excluding hydrogens is 363 g/mol. The lowest BCUT2D eigenvalue weighted by molar-refractivity contribution is -0.137. The molecule has 3 aromatic rings. The maximum absolute atomic E-state index is 12.7. The smallest absolute Gasteiger partial charge is 0.350 e. The fourth-order valence-electron chi connectivity index (χ4n) is 2.34. The number of hydrogen-bond donors (Lipinski definition) is 1. The molecule has 10 heteroatoms. The molecule has 0 radical (unpaired) electrons. The molecule has 0 atom stereocenters. The van der Waals surface area contributed by atoms with Crippen molar-refractivity contribution in [3.05, 3.63) is 76.3 Å². The highest BCUT2D eigenvalue weighted by Crippen LogP contribution is 2.29. The lowest BCUT2D eigenvalue weighted by Crippen LogP contribution is -2.32. The van der Waals surface area contributed by atoms with Crippen LogP contribution in [0.25, 0.3) is 5.82 Å². The number of aromatic nitrogens is 4. The molecule has 0 unspecified atom stereocenters. The van der Waals surface area contributed by atoms with Gasteiger partial charge in [-0.25, -0.2) is 9.36 Å². The van der Waals surface area contributed by atoms with Gasteiger partial charge in [0.15, 0.2) is 5.82 Å². The highest BCUT2D eigenvalue weighted by atomic mass is 19.4. The van der Waals surface area contributed by atoms with Crippen LogP contribution in [0.2, 0.25) is 0 Å². The van der Waals surface area contributed by atoms with E-state index in [1.165, 1.54) is 22.9 Å². The molecule has 0 aliphatic heterocycles. The summed E-state index contributed by atoms with van der Waals surface area (Å²) in [5.74, 6) is -0.249. The van der Waals surface area contributed by atoms with E-state index in [-0.39, 0.29) is 24.2 Å². The van der Waals surface area contributed by atoms with Crippen molar-refractivity contribution in [2.45, 2.75) is 12.7 Å². The van der Waals surface area contributed by atoms with E-state index in [4.69, 9.17) is 0 Å². The van der Waals surface area contributed by atoms with Crippen LogP contribution in [0.5, 0.6) is 0 Å². The quantitative estimate of drug-likeness (QED) is 0.736. The third-order valence-corrected chi connectivity index (χ3v) is 3.65. The zero-order valence-electron chi connectivity index (χ0n) is 13.8. The van der Waals surface area contributed by atoms with Gasteiger partial charge in [-0.1, -0.05) is 6.07 Å². The molecule has 0 saturated heterocycles. The van der Waals surface area contributed by atoms with Gasteiger partial charge in [0.1, 0.15) is 0 Å². The van der Waals surface area contributed by atoms with Crippen molar-refractivity contribution >= 4 is 5.91 Å². The maximum atomic E-state index is 12.7. The third kappa shape index (κ3) is 4.40. The summed E-state index contributed by atoms with van der Waals surface area (Å²) < 4.78 is 40.8. The summed E-state index contributed by atoms with van der Waals surface area (Å²) in [7, 11) is 0. The first-order valence-electron chi connectivity index (χ1n) is 7.88. The molecule has 0 bridgehead atoms. The van der Waals surface area contributed by atoms with Gasteiger partial charge in [0.2, 0.25) is 0 Å². The fraction of sp³-hybridized carbons (Fsp3) is 0.176. The minimum atomic E-state index is -4.53. The van der Waals surface area contributed by atoms with Gasteiger partial charge < -0.3 is 5.32 Å². The molecule has 0 saturated carbocycles. The van der Waals surface area contributed by atoms with E-state index >= 15 is 0 Å². The molecule has 140 valence electrons. The average molecular weight is 377 g/mol. The monoisotopic (exact) mass is 377 g/mol. The standard InChI is InChI=1S/C17H14F3N5O2/c18-17(19,20)13-4-1-3-12(11-13)16(27)21-8-10-25-15(26)6-5-14(23-25)24-9-2-7-22-24/h1-7,9,11H,8,10H2,(H,21,27). The van der Waals surface area contributed by atoms with Crippen molar-refractivity contribution in [1.82, 2.24) is 24.9 Å². The van der Waals surface area contributed by atoms with E-state index in [9.17, 15) is 22.8 Å². The van der Waals surface area contributed by atoms with Crippen LogP contribution in [0.4, 0.5) is 13.2 Å². The zero-order chi connectivity index (χ0) is 19.4. The Morgan fingerprint density at radius 2 is 1.96 bits per heavy atom. The van der Waals surface area contributed by atoms with E-state index in [1.54, 1.807) is 18.5 Å². The second-order valence-corrected chi connectivity index (χ2v) is 5.54. The number of carbonyl (C=O) groups is 1. The van der Waals surface area contributed by atoms with Crippen molar-refractivity contribution in [3.8, 4) is 5.82 Å². The normalized spacial score (nSPS) is 11.4. The van der Waals surface area contributed by atoms with E-state index in [1.807, 2.05) is 0 Å². The van der Waals surface area contributed by atoms with E-state index < -0.39 is 17.6 Å². The van der Waals surface area contributed by atoms with Gasteiger partial charge >= 0.3 is 6.18 Å². The Labute approximate surface area is 151 Å². The summed E-state index contributed by atoms with van der Waals surface area (Å²) >= 11 is 0. The Bertz CT molecular complexity index is 996. The molecule has 3 rings (SSSR count). The van der Waals surface area contributed by atoms with Crippen LogP contribution in [0, 0.1) is 0 Å². The molecular formula is C17H14F3N5O2. The lowest BCUT2D eigenvalue weighted by Gasteiger charge is -2.10. The second kappa shape index (κ2) is 7.44. The van der Waals surface area contributed by atoms with Crippen LogP contribution in [0.3, 0.4) is 0 Å². The number of alkyl halides is 3. The Balaban J connectivity index is 1.66. The van der Waals surface area contributed by atoms with Crippen LogP contribution >= 0.6 is 0 Å². The Hall–Kier alpha value is -3.43. The van der Waals surface area contributed by atoms with Crippen molar-refractivity contribution in [1.29, 1.82) is 0 Å². The van der Waals surface area contributed by atoms with Crippen molar-refractivity contribution in [3.63, 3.8) is 0 Å². The highest BCUT2D eigenvalue weighted by Gasteiger charge is 2.30. The van der Waals surface area contributed by atoms with E-state index in [0.717, 1.165) is 22.9 Å². The maximum Gasteiger partial charge on any atom is 0.416 e. The number of carbonyl (C=O) groups excluding carboxylic acids is 1. The zero-order valence-corrected chi connectivity index (χ0v) is 13.8. The highest BCUT2D eigenvalue weighted by molar-refractivity contribution is 5.94. The fourth-order valence-corrected chi connectivity index (χ4v) is 2.34. The molecule has 2 aromatic heterocycles. The summed E-state index contributed by atoms with van der Waals surface area (Å²) in [5.41, 5.74) is -1.39. The summed E-state index contributed by atoms with van der Waals surface area (Å²) in [6.45, 7) is 0.0726. The average Bonchev–Trinajstić information content (AvgIpc) is 3.17. The largest absolute Gasteiger partial charge is 0.416 e. The van der Waals surface area contributed by atoms with Crippen LogP contribution in [-0.2, 0) is 12.7 Å². The number of amides is 1. The molecule has 1 aromatic carbocycles. The Kier molecular flexibility index (Phi) is 5.06. The van der Waals surface area contributed by atoms with Gasteiger partial charge in [-0.3, -0.25) is 9.59 Å². The third-order valence-electron chi connectivity index (χ3n) is 3.65. The number of nitrogens with zero attached hydrogens (tertiary/aromatic N) is 4. The SMILES string of the molecule is O=C(NCCn1nc(-n2cccn2)ccc1=O)c1cccc(C(F)(F)F)c1. The lowest BCUT2D eigenvalue weighted by atomic mass is 10.1. The summed E-state index contributed by atoms with van der Waals surface area (Å²) in [6, 6.07) is 8.64. The van der Waals surface area contributed by atoms with Gasteiger partial charge in [0.05, 0.1) is 12.1 Å². The minimum absolute atomic E-state index is 0.0184. The number of rotatable bonds is 5. The molecule has 1 amide bonds. The van der Waals surface area contributed by atoms with E-state index in [2.05, 4.69) is 15.5 Å². The molecule has 27 heavy (non-hydrogen) atoms. The van der Waals surface area contributed by atoms with E-state index in [0.29, 0.717) is 5.82 Å². The minimum Gasteiger partial charge on any atom is -0.350 e. The van der Waals surface area contributed by atoms with Crippen LogP contribution in [0.1, 0.15) is 15.9 Å². The number of benzene rings is 1. The molecule has 2 heterocycles. The first kappa shape index (κ1) is 18.4. The first-order valence-corrected chi connectivity index (χ1v) is 7.88. The van der Waals surface area contributed by atoms with Gasteiger partial charge in [0.25, 0.3) is 11.5 Å².